The molecule has 0 aliphatic heterocycles. The molecule has 2 N–H and O–H groups in total. The van der Waals surface area contributed by atoms with Crippen LogP contribution in [0.1, 0.15) is 35.4 Å². The van der Waals surface area contributed by atoms with Gasteiger partial charge in [-0.15, -0.1) is 0 Å². The van der Waals surface area contributed by atoms with Crippen LogP contribution in [0.25, 0.3) is 0 Å². The highest BCUT2D eigenvalue weighted by atomic mass is 19.1. The van der Waals surface area contributed by atoms with Crippen molar-refractivity contribution in [3.8, 4) is 0 Å². The summed E-state index contributed by atoms with van der Waals surface area (Å²) in [4.78, 5) is 0. The summed E-state index contributed by atoms with van der Waals surface area (Å²) >= 11 is 0. The molecule has 0 bridgehead atoms. The molecule has 2 heteroatoms. The third-order valence-electron chi connectivity index (χ3n) is 4.29. The fourth-order valence-corrected chi connectivity index (χ4v) is 3.31. The average Bonchev–Trinajstić information content (AvgIpc) is 2.46. The molecule has 104 valence electrons. The minimum absolute atomic E-state index is 0.0539. The molecule has 1 aliphatic carbocycles. The summed E-state index contributed by atoms with van der Waals surface area (Å²) in [5.74, 6) is 0.210. The fourth-order valence-electron chi connectivity index (χ4n) is 3.31. The van der Waals surface area contributed by atoms with Crippen LogP contribution in [0.5, 0.6) is 0 Å². The highest BCUT2D eigenvalue weighted by molar-refractivity contribution is 5.34. The molecule has 0 heterocycles. The molecule has 0 aromatic heterocycles. The van der Waals surface area contributed by atoms with Gasteiger partial charge in [0.1, 0.15) is 5.82 Å². The molecular formula is C18H20FN. The van der Waals surface area contributed by atoms with E-state index in [0.717, 1.165) is 24.8 Å². The van der Waals surface area contributed by atoms with Gasteiger partial charge < -0.3 is 5.73 Å². The summed E-state index contributed by atoms with van der Waals surface area (Å²) in [5.41, 5.74) is 10.2. The predicted octanol–water partition coefficient (Wildman–Crippen LogP) is 3.82. The standard InChI is InChI=1S/C18H20FN/c19-15-8-3-5-13(11-15)12-18(20)17-10-4-7-14-6-1-2-9-16(14)17/h1-3,5-6,8-9,11,17-18H,4,7,10,12,20H2. The second-order valence-electron chi connectivity index (χ2n) is 5.70. The van der Waals surface area contributed by atoms with Crippen LogP contribution in [-0.2, 0) is 12.8 Å². The molecule has 2 unspecified atom stereocenters. The smallest absolute Gasteiger partial charge is 0.123 e. The Morgan fingerprint density at radius 1 is 1.15 bits per heavy atom. The van der Waals surface area contributed by atoms with Crippen molar-refractivity contribution in [3.63, 3.8) is 0 Å². The monoisotopic (exact) mass is 269 g/mol. The van der Waals surface area contributed by atoms with E-state index in [1.165, 1.54) is 23.6 Å². The SMILES string of the molecule is NC(Cc1cccc(F)c1)C1CCCc2ccccc21. The second-order valence-corrected chi connectivity index (χ2v) is 5.70. The van der Waals surface area contributed by atoms with Gasteiger partial charge in [0.2, 0.25) is 0 Å². The van der Waals surface area contributed by atoms with E-state index in [2.05, 4.69) is 24.3 Å². The van der Waals surface area contributed by atoms with Crippen molar-refractivity contribution >= 4 is 0 Å². The van der Waals surface area contributed by atoms with Crippen molar-refractivity contribution in [1.82, 2.24) is 0 Å². The molecule has 0 radical (unpaired) electrons. The number of rotatable bonds is 3. The van der Waals surface area contributed by atoms with E-state index in [1.807, 2.05) is 6.07 Å². The van der Waals surface area contributed by atoms with Gasteiger partial charge in [0.25, 0.3) is 0 Å². The summed E-state index contributed by atoms with van der Waals surface area (Å²) in [7, 11) is 0. The van der Waals surface area contributed by atoms with Crippen molar-refractivity contribution in [2.45, 2.75) is 37.6 Å². The number of fused-ring (bicyclic) bond motifs is 1. The van der Waals surface area contributed by atoms with Crippen LogP contribution in [0.3, 0.4) is 0 Å². The van der Waals surface area contributed by atoms with Gasteiger partial charge in [0, 0.05) is 6.04 Å². The first-order valence-electron chi connectivity index (χ1n) is 7.32. The first-order valence-corrected chi connectivity index (χ1v) is 7.32. The molecule has 20 heavy (non-hydrogen) atoms. The van der Waals surface area contributed by atoms with Crippen LogP contribution < -0.4 is 5.73 Å². The maximum absolute atomic E-state index is 13.3. The Labute approximate surface area is 119 Å². The second kappa shape index (κ2) is 5.76. The lowest BCUT2D eigenvalue weighted by Gasteiger charge is -2.30. The van der Waals surface area contributed by atoms with Crippen molar-refractivity contribution in [3.05, 3.63) is 71.0 Å². The van der Waals surface area contributed by atoms with Crippen LogP contribution in [0.15, 0.2) is 48.5 Å². The molecule has 0 spiro atoms. The quantitative estimate of drug-likeness (QED) is 0.900. The lowest BCUT2D eigenvalue weighted by Crippen LogP contribution is -2.33. The minimum Gasteiger partial charge on any atom is -0.327 e. The van der Waals surface area contributed by atoms with E-state index in [0.29, 0.717) is 5.92 Å². The molecule has 0 fully saturated rings. The van der Waals surface area contributed by atoms with Gasteiger partial charge in [-0.2, -0.15) is 0 Å². The highest BCUT2D eigenvalue weighted by Gasteiger charge is 2.25. The first-order chi connectivity index (χ1) is 9.74. The number of aryl methyl sites for hydroxylation is 1. The van der Waals surface area contributed by atoms with E-state index >= 15 is 0 Å². The van der Waals surface area contributed by atoms with E-state index in [-0.39, 0.29) is 11.9 Å². The summed E-state index contributed by atoms with van der Waals surface area (Å²) in [6, 6.07) is 15.4. The predicted molar refractivity (Wildman–Crippen MR) is 80.2 cm³/mol. The number of hydrogen-bond donors (Lipinski definition) is 1. The third kappa shape index (κ3) is 2.75. The van der Waals surface area contributed by atoms with Gasteiger partial charge >= 0.3 is 0 Å². The molecule has 2 atom stereocenters. The zero-order valence-electron chi connectivity index (χ0n) is 11.6. The lowest BCUT2D eigenvalue weighted by atomic mass is 9.77. The molecule has 2 aromatic rings. The van der Waals surface area contributed by atoms with E-state index in [9.17, 15) is 4.39 Å². The summed E-state index contributed by atoms with van der Waals surface area (Å²) in [6.45, 7) is 0. The van der Waals surface area contributed by atoms with Crippen LogP contribution >= 0.6 is 0 Å². The van der Waals surface area contributed by atoms with Crippen LogP contribution in [-0.4, -0.2) is 6.04 Å². The van der Waals surface area contributed by atoms with Crippen LogP contribution in [0.4, 0.5) is 4.39 Å². The molecule has 1 nitrogen and oxygen atoms in total. The van der Waals surface area contributed by atoms with E-state index in [4.69, 9.17) is 5.73 Å². The normalized spacial score (nSPS) is 19.4. The minimum atomic E-state index is -0.182. The van der Waals surface area contributed by atoms with Gasteiger partial charge in [-0.1, -0.05) is 36.4 Å². The van der Waals surface area contributed by atoms with Crippen molar-refractivity contribution in [1.29, 1.82) is 0 Å². The summed E-state index contributed by atoms with van der Waals surface area (Å²) in [5, 5.41) is 0. The van der Waals surface area contributed by atoms with Crippen molar-refractivity contribution < 1.29 is 4.39 Å². The maximum atomic E-state index is 13.3. The zero-order valence-corrected chi connectivity index (χ0v) is 11.6. The number of nitrogens with two attached hydrogens (primary N) is 1. The molecule has 2 aromatic carbocycles. The van der Waals surface area contributed by atoms with Gasteiger partial charge in [0.15, 0.2) is 0 Å². The van der Waals surface area contributed by atoms with Gasteiger partial charge in [-0.25, -0.2) is 4.39 Å². The van der Waals surface area contributed by atoms with Gasteiger partial charge in [-0.3, -0.25) is 0 Å². The Morgan fingerprint density at radius 3 is 2.85 bits per heavy atom. The largest absolute Gasteiger partial charge is 0.327 e. The number of halogens is 1. The Morgan fingerprint density at radius 2 is 2.00 bits per heavy atom. The highest BCUT2D eigenvalue weighted by Crippen LogP contribution is 2.34. The number of benzene rings is 2. The lowest BCUT2D eigenvalue weighted by molar-refractivity contribution is 0.459. The van der Waals surface area contributed by atoms with Gasteiger partial charge in [0.05, 0.1) is 0 Å². The summed E-state index contributed by atoms with van der Waals surface area (Å²) < 4.78 is 13.3. The van der Waals surface area contributed by atoms with E-state index in [1.54, 1.807) is 12.1 Å². The third-order valence-corrected chi connectivity index (χ3v) is 4.29. The Bertz CT molecular complexity index is 593. The van der Waals surface area contributed by atoms with Crippen molar-refractivity contribution in [2.75, 3.05) is 0 Å². The molecule has 0 amide bonds. The average molecular weight is 269 g/mol. The van der Waals surface area contributed by atoms with E-state index < -0.39 is 0 Å². The molecule has 3 rings (SSSR count). The maximum Gasteiger partial charge on any atom is 0.123 e. The number of hydrogen-bond acceptors (Lipinski definition) is 1. The molecule has 1 aliphatic rings. The van der Waals surface area contributed by atoms with Crippen LogP contribution in [0, 0.1) is 5.82 Å². The summed E-state index contributed by atoms with van der Waals surface area (Å²) in [6.07, 6.45) is 4.21. The topological polar surface area (TPSA) is 26.0 Å². The first kappa shape index (κ1) is 13.3. The fraction of sp³-hybridized carbons (Fsp3) is 0.333. The van der Waals surface area contributed by atoms with Crippen molar-refractivity contribution in [2.24, 2.45) is 5.73 Å². The van der Waals surface area contributed by atoms with Crippen LogP contribution in [0.2, 0.25) is 0 Å². The Hall–Kier alpha value is -1.67. The molecule has 0 saturated carbocycles. The Balaban J connectivity index is 1.80. The Kier molecular flexibility index (Phi) is 3.83. The van der Waals surface area contributed by atoms with Gasteiger partial charge in [-0.05, 0) is 60.4 Å². The zero-order chi connectivity index (χ0) is 13.9. The molecular weight excluding hydrogens is 249 g/mol. The molecule has 0 saturated heterocycles.